The first kappa shape index (κ1) is 13.2. The third-order valence-electron chi connectivity index (χ3n) is 2.68. The minimum atomic E-state index is -0.342. The molecule has 0 saturated carbocycles. The van der Waals surface area contributed by atoms with E-state index in [2.05, 4.69) is 0 Å². The molecule has 0 N–H and O–H groups in total. The van der Waals surface area contributed by atoms with Crippen molar-refractivity contribution < 1.29 is 9.59 Å². The summed E-state index contributed by atoms with van der Waals surface area (Å²) in [4.78, 5) is 26.6. The third-order valence-corrected chi connectivity index (χ3v) is 3.23. The highest BCUT2D eigenvalue weighted by Gasteiger charge is 2.37. The second kappa shape index (κ2) is 5.16. The molecule has 1 aliphatic rings. The maximum atomic E-state index is 12.1. The van der Waals surface area contributed by atoms with Crippen molar-refractivity contribution >= 4 is 40.8 Å². The summed E-state index contributed by atoms with van der Waals surface area (Å²) in [6, 6.07) is 4.37. The second-order valence-electron chi connectivity index (χ2n) is 4.03. The van der Waals surface area contributed by atoms with E-state index in [0.29, 0.717) is 22.3 Å². The summed E-state index contributed by atoms with van der Waals surface area (Å²) in [7, 11) is 0. The van der Waals surface area contributed by atoms with E-state index in [1.807, 2.05) is 6.92 Å². The SMILES string of the molecule is CCCN1CC(=O)N(c2cc(Cl)ccc2Cl)C1=O. The fraction of sp³-hybridized carbons (Fsp3) is 0.333. The van der Waals surface area contributed by atoms with Crippen LogP contribution in [-0.4, -0.2) is 29.9 Å². The number of hydrogen-bond donors (Lipinski definition) is 0. The van der Waals surface area contributed by atoms with Gasteiger partial charge in [0.15, 0.2) is 0 Å². The first-order chi connectivity index (χ1) is 8.54. The summed E-state index contributed by atoms with van der Waals surface area (Å²) in [6.45, 7) is 2.60. The predicted octanol–water partition coefficient (Wildman–Crippen LogP) is 3.17. The zero-order valence-corrected chi connectivity index (χ0v) is 11.3. The summed E-state index contributed by atoms with van der Waals surface area (Å²) >= 11 is 11.9. The number of urea groups is 1. The lowest BCUT2D eigenvalue weighted by molar-refractivity contribution is -0.116. The molecule has 0 bridgehead atoms. The molecule has 1 fully saturated rings. The summed E-state index contributed by atoms with van der Waals surface area (Å²) in [5, 5.41) is 0.767. The number of hydrogen-bond acceptors (Lipinski definition) is 2. The van der Waals surface area contributed by atoms with E-state index in [0.717, 1.165) is 11.3 Å². The number of anilines is 1. The van der Waals surface area contributed by atoms with Crippen molar-refractivity contribution in [2.75, 3.05) is 18.0 Å². The van der Waals surface area contributed by atoms with E-state index in [1.165, 1.54) is 11.0 Å². The molecule has 2 rings (SSSR count). The fourth-order valence-corrected chi connectivity index (χ4v) is 2.26. The number of rotatable bonds is 3. The van der Waals surface area contributed by atoms with Crippen LogP contribution in [0, 0.1) is 0 Å². The standard InChI is InChI=1S/C12H12Cl2N2O2/c1-2-5-15-7-11(17)16(12(15)18)10-6-8(13)3-4-9(10)14/h3-4,6H,2,5,7H2,1H3. The molecule has 3 amide bonds. The van der Waals surface area contributed by atoms with Crippen LogP contribution < -0.4 is 4.90 Å². The van der Waals surface area contributed by atoms with Gasteiger partial charge in [-0.05, 0) is 24.6 Å². The van der Waals surface area contributed by atoms with Gasteiger partial charge in [-0.2, -0.15) is 0 Å². The molecule has 1 saturated heterocycles. The van der Waals surface area contributed by atoms with Crippen LogP contribution in [0.2, 0.25) is 10.0 Å². The average Bonchev–Trinajstić information content (AvgIpc) is 2.59. The van der Waals surface area contributed by atoms with Crippen LogP contribution in [0.5, 0.6) is 0 Å². The Balaban J connectivity index is 2.36. The smallest absolute Gasteiger partial charge is 0.315 e. The Kier molecular flexibility index (Phi) is 3.78. The Morgan fingerprint density at radius 1 is 1.28 bits per heavy atom. The molecule has 0 aliphatic carbocycles. The summed E-state index contributed by atoms with van der Waals surface area (Å²) in [5.41, 5.74) is 0.345. The maximum Gasteiger partial charge on any atom is 0.331 e. The van der Waals surface area contributed by atoms with E-state index in [1.54, 1.807) is 12.1 Å². The van der Waals surface area contributed by atoms with Gasteiger partial charge in [0.05, 0.1) is 10.7 Å². The lowest BCUT2D eigenvalue weighted by atomic mass is 10.3. The van der Waals surface area contributed by atoms with Crippen molar-refractivity contribution in [3.63, 3.8) is 0 Å². The van der Waals surface area contributed by atoms with Crippen molar-refractivity contribution in [3.8, 4) is 0 Å². The summed E-state index contributed by atoms with van der Waals surface area (Å²) < 4.78 is 0. The molecular weight excluding hydrogens is 275 g/mol. The Morgan fingerprint density at radius 3 is 2.67 bits per heavy atom. The van der Waals surface area contributed by atoms with Crippen molar-refractivity contribution in [2.45, 2.75) is 13.3 Å². The lowest BCUT2D eigenvalue weighted by Crippen LogP contribution is -2.33. The number of nitrogens with zero attached hydrogens (tertiary/aromatic N) is 2. The first-order valence-corrected chi connectivity index (χ1v) is 6.37. The van der Waals surface area contributed by atoms with Crippen LogP contribution in [0.3, 0.4) is 0 Å². The number of carbonyl (C=O) groups is 2. The molecule has 0 aromatic heterocycles. The van der Waals surface area contributed by atoms with Crippen molar-refractivity contribution in [3.05, 3.63) is 28.2 Å². The monoisotopic (exact) mass is 286 g/mol. The maximum absolute atomic E-state index is 12.1. The molecule has 1 heterocycles. The van der Waals surface area contributed by atoms with Gasteiger partial charge in [0.2, 0.25) is 0 Å². The quantitative estimate of drug-likeness (QED) is 0.801. The zero-order valence-electron chi connectivity index (χ0n) is 9.82. The molecule has 0 unspecified atom stereocenters. The van der Waals surface area contributed by atoms with Crippen molar-refractivity contribution in [1.29, 1.82) is 0 Å². The van der Waals surface area contributed by atoms with E-state index >= 15 is 0 Å². The molecule has 96 valence electrons. The number of carbonyl (C=O) groups excluding carboxylic acids is 2. The molecule has 18 heavy (non-hydrogen) atoms. The molecule has 0 radical (unpaired) electrons. The fourth-order valence-electron chi connectivity index (χ4n) is 1.89. The van der Waals surface area contributed by atoms with Crippen LogP contribution in [-0.2, 0) is 4.79 Å². The zero-order chi connectivity index (χ0) is 13.3. The van der Waals surface area contributed by atoms with Gasteiger partial charge in [0, 0.05) is 11.6 Å². The lowest BCUT2D eigenvalue weighted by Gasteiger charge is -2.17. The van der Waals surface area contributed by atoms with Crippen LogP contribution >= 0.6 is 23.2 Å². The molecule has 4 nitrogen and oxygen atoms in total. The topological polar surface area (TPSA) is 40.6 Å². The summed E-state index contributed by atoms with van der Waals surface area (Å²) in [5.74, 6) is -0.280. The second-order valence-corrected chi connectivity index (χ2v) is 4.87. The first-order valence-electron chi connectivity index (χ1n) is 5.61. The van der Waals surface area contributed by atoms with Crippen LogP contribution in [0.4, 0.5) is 10.5 Å². The van der Waals surface area contributed by atoms with Gasteiger partial charge in [0.25, 0.3) is 5.91 Å². The Labute approximate surface area is 115 Å². The minimum absolute atomic E-state index is 0.0928. The Bertz CT molecular complexity index is 505. The van der Waals surface area contributed by atoms with Gasteiger partial charge >= 0.3 is 6.03 Å². The van der Waals surface area contributed by atoms with Gasteiger partial charge < -0.3 is 4.90 Å². The molecule has 0 spiro atoms. The van der Waals surface area contributed by atoms with Crippen LogP contribution in [0.1, 0.15) is 13.3 Å². The van der Waals surface area contributed by atoms with Gasteiger partial charge in [-0.3, -0.25) is 4.79 Å². The van der Waals surface area contributed by atoms with E-state index in [-0.39, 0.29) is 18.5 Å². The van der Waals surface area contributed by atoms with E-state index in [9.17, 15) is 9.59 Å². The van der Waals surface area contributed by atoms with E-state index in [4.69, 9.17) is 23.2 Å². The number of benzene rings is 1. The highest BCUT2D eigenvalue weighted by molar-refractivity contribution is 6.37. The van der Waals surface area contributed by atoms with Gasteiger partial charge in [-0.25, -0.2) is 9.69 Å². The Hall–Kier alpha value is -1.26. The molecule has 1 aromatic carbocycles. The van der Waals surface area contributed by atoms with Gasteiger partial charge in [-0.15, -0.1) is 0 Å². The summed E-state index contributed by atoms with van der Waals surface area (Å²) in [6.07, 6.45) is 0.802. The molecule has 1 aromatic rings. The third kappa shape index (κ3) is 2.31. The number of halogens is 2. The van der Waals surface area contributed by atoms with Crippen molar-refractivity contribution in [1.82, 2.24) is 4.90 Å². The van der Waals surface area contributed by atoms with E-state index < -0.39 is 0 Å². The van der Waals surface area contributed by atoms with Crippen molar-refractivity contribution in [2.24, 2.45) is 0 Å². The largest absolute Gasteiger partial charge is 0.331 e. The Morgan fingerprint density at radius 2 is 2.00 bits per heavy atom. The molecule has 6 heteroatoms. The van der Waals surface area contributed by atoms with Crippen LogP contribution in [0.25, 0.3) is 0 Å². The number of amides is 3. The van der Waals surface area contributed by atoms with Gasteiger partial charge in [0.1, 0.15) is 6.54 Å². The van der Waals surface area contributed by atoms with Gasteiger partial charge in [-0.1, -0.05) is 30.1 Å². The minimum Gasteiger partial charge on any atom is -0.315 e. The molecule has 0 atom stereocenters. The predicted molar refractivity (Wildman–Crippen MR) is 71.2 cm³/mol. The highest BCUT2D eigenvalue weighted by atomic mass is 35.5. The highest BCUT2D eigenvalue weighted by Crippen LogP contribution is 2.31. The normalized spacial score (nSPS) is 15.7. The van der Waals surface area contributed by atoms with Crippen LogP contribution in [0.15, 0.2) is 18.2 Å². The molecular formula is C12H12Cl2N2O2. The molecule has 1 aliphatic heterocycles. The average molecular weight is 287 g/mol. The number of imide groups is 1.